The molecule has 0 aliphatic heterocycles. The Bertz CT molecular complexity index is 221. The van der Waals surface area contributed by atoms with Crippen LogP contribution >= 0.6 is 0 Å². The second kappa shape index (κ2) is 5.73. The fourth-order valence-corrected chi connectivity index (χ4v) is 1.03. The molecule has 0 fully saturated rings. The third-order valence-electron chi connectivity index (χ3n) is 1.83. The SMILES string of the molecule is CC(N)CCOCc1ccccc1. The van der Waals surface area contributed by atoms with Gasteiger partial charge in [-0.3, -0.25) is 0 Å². The average Bonchev–Trinajstić information content (AvgIpc) is 2.14. The van der Waals surface area contributed by atoms with E-state index in [2.05, 4.69) is 12.1 Å². The van der Waals surface area contributed by atoms with Crippen molar-refractivity contribution in [3.05, 3.63) is 35.9 Å². The van der Waals surface area contributed by atoms with Gasteiger partial charge in [0.2, 0.25) is 0 Å². The number of hydrogen-bond donors (Lipinski definition) is 1. The third kappa shape index (κ3) is 4.65. The molecule has 1 aromatic rings. The molecule has 1 rings (SSSR count). The fourth-order valence-electron chi connectivity index (χ4n) is 1.03. The Kier molecular flexibility index (Phi) is 4.50. The minimum absolute atomic E-state index is 0.232. The van der Waals surface area contributed by atoms with E-state index in [0.29, 0.717) is 6.61 Å². The number of hydrogen-bond acceptors (Lipinski definition) is 2. The van der Waals surface area contributed by atoms with Gasteiger partial charge in [0.25, 0.3) is 0 Å². The van der Waals surface area contributed by atoms with E-state index in [0.717, 1.165) is 13.0 Å². The highest BCUT2D eigenvalue weighted by atomic mass is 16.5. The largest absolute Gasteiger partial charge is 0.377 e. The highest BCUT2D eigenvalue weighted by molar-refractivity contribution is 5.13. The van der Waals surface area contributed by atoms with Crippen LogP contribution in [-0.2, 0) is 11.3 Å². The van der Waals surface area contributed by atoms with Crippen LogP contribution in [0.25, 0.3) is 0 Å². The van der Waals surface area contributed by atoms with Gasteiger partial charge in [0.15, 0.2) is 0 Å². The number of rotatable bonds is 5. The molecule has 0 aromatic heterocycles. The number of benzene rings is 1. The van der Waals surface area contributed by atoms with Crippen LogP contribution in [0, 0.1) is 0 Å². The summed E-state index contributed by atoms with van der Waals surface area (Å²) in [6, 6.07) is 10.4. The summed E-state index contributed by atoms with van der Waals surface area (Å²) in [4.78, 5) is 0. The van der Waals surface area contributed by atoms with Gasteiger partial charge < -0.3 is 10.5 Å². The molecule has 2 heteroatoms. The second-order valence-corrected chi connectivity index (χ2v) is 3.30. The van der Waals surface area contributed by atoms with E-state index in [-0.39, 0.29) is 6.04 Å². The molecule has 1 unspecified atom stereocenters. The van der Waals surface area contributed by atoms with Crippen molar-refractivity contribution in [1.82, 2.24) is 0 Å². The van der Waals surface area contributed by atoms with Crippen molar-refractivity contribution >= 4 is 0 Å². The third-order valence-corrected chi connectivity index (χ3v) is 1.83. The van der Waals surface area contributed by atoms with Crippen molar-refractivity contribution in [3.63, 3.8) is 0 Å². The minimum atomic E-state index is 0.232. The van der Waals surface area contributed by atoms with Crippen LogP contribution in [0.1, 0.15) is 18.9 Å². The first-order valence-electron chi connectivity index (χ1n) is 4.66. The Balaban J connectivity index is 2.13. The van der Waals surface area contributed by atoms with E-state index >= 15 is 0 Å². The zero-order valence-corrected chi connectivity index (χ0v) is 8.07. The van der Waals surface area contributed by atoms with Crippen molar-refractivity contribution in [2.45, 2.75) is 26.0 Å². The Morgan fingerprint density at radius 1 is 1.31 bits per heavy atom. The van der Waals surface area contributed by atoms with Crippen LogP contribution in [0.15, 0.2) is 30.3 Å². The van der Waals surface area contributed by atoms with Gasteiger partial charge >= 0.3 is 0 Å². The molecule has 72 valence electrons. The van der Waals surface area contributed by atoms with Crippen LogP contribution < -0.4 is 5.73 Å². The molecule has 0 saturated heterocycles. The molecule has 0 aliphatic carbocycles. The lowest BCUT2D eigenvalue weighted by atomic mass is 10.2. The van der Waals surface area contributed by atoms with Crippen LogP contribution in [-0.4, -0.2) is 12.6 Å². The molecule has 0 heterocycles. The van der Waals surface area contributed by atoms with E-state index < -0.39 is 0 Å². The van der Waals surface area contributed by atoms with Crippen molar-refractivity contribution in [1.29, 1.82) is 0 Å². The highest BCUT2D eigenvalue weighted by Gasteiger charge is 1.94. The average molecular weight is 179 g/mol. The van der Waals surface area contributed by atoms with Gasteiger partial charge in [0.05, 0.1) is 6.61 Å². The topological polar surface area (TPSA) is 35.2 Å². The van der Waals surface area contributed by atoms with Crippen molar-refractivity contribution in [3.8, 4) is 0 Å². The lowest BCUT2D eigenvalue weighted by molar-refractivity contribution is 0.115. The van der Waals surface area contributed by atoms with Gasteiger partial charge in [0.1, 0.15) is 0 Å². The summed E-state index contributed by atoms with van der Waals surface area (Å²) in [7, 11) is 0. The first kappa shape index (κ1) is 10.2. The minimum Gasteiger partial charge on any atom is -0.377 e. The van der Waals surface area contributed by atoms with E-state index in [1.165, 1.54) is 5.56 Å². The van der Waals surface area contributed by atoms with Crippen molar-refractivity contribution in [2.75, 3.05) is 6.61 Å². The maximum absolute atomic E-state index is 5.59. The van der Waals surface area contributed by atoms with Gasteiger partial charge in [-0.15, -0.1) is 0 Å². The highest BCUT2D eigenvalue weighted by Crippen LogP contribution is 2.00. The molecule has 2 nitrogen and oxygen atoms in total. The second-order valence-electron chi connectivity index (χ2n) is 3.30. The number of ether oxygens (including phenoxy) is 1. The summed E-state index contributed by atoms with van der Waals surface area (Å²) in [6.45, 7) is 3.42. The van der Waals surface area contributed by atoms with E-state index in [4.69, 9.17) is 10.5 Å². The predicted octanol–water partition coefficient (Wildman–Crippen LogP) is 1.94. The Labute approximate surface area is 79.7 Å². The standard InChI is InChI=1S/C11H17NO/c1-10(12)7-8-13-9-11-5-3-2-4-6-11/h2-6,10H,7-9,12H2,1H3. The van der Waals surface area contributed by atoms with Crippen LogP contribution in [0.5, 0.6) is 0 Å². The zero-order valence-electron chi connectivity index (χ0n) is 8.07. The molecule has 0 amide bonds. The van der Waals surface area contributed by atoms with Gasteiger partial charge in [-0.05, 0) is 18.9 Å². The fraction of sp³-hybridized carbons (Fsp3) is 0.455. The normalized spacial score (nSPS) is 12.8. The molecular formula is C11H17NO. The quantitative estimate of drug-likeness (QED) is 0.701. The van der Waals surface area contributed by atoms with Gasteiger partial charge in [-0.2, -0.15) is 0 Å². The molecule has 0 saturated carbocycles. The summed E-state index contributed by atoms with van der Waals surface area (Å²) in [5.74, 6) is 0. The smallest absolute Gasteiger partial charge is 0.0716 e. The lowest BCUT2D eigenvalue weighted by Gasteiger charge is -2.06. The van der Waals surface area contributed by atoms with E-state index in [9.17, 15) is 0 Å². The summed E-state index contributed by atoms with van der Waals surface area (Å²) in [6.07, 6.45) is 0.923. The molecule has 2 N–H and O–H groups in total. The van der Waals surface area contributed by atoms with Crippen molar-refractivity contribution in [2.24, 2.45) is 5.73 Å². The van der Waals surface area contributed by atoms with E-state index in [1.54, 1.807) is 0 Å². The van der Waals surface area contributed by atoms with E-state index in [1.807, 2.05) is 25.1 Å². The van der Waals surface area contributed by atoms with Crippen LogP contribution in [0.2, 0.25) is 0 Å². The molecule has 0 aliphatic rings. The summed E-state index contributed by atoms with van der Waals surface area (Å²) in [5.41, 5.74) is 6.81. The summed E-state index contributed by atoms with van der Waals surface area (Å²) in [5, 5.41) is 0. The Morgan fingerprint density at radius 2 is 2.00 bits per heavy atom. The van der Waals surface area contributed by atoms with Gasteiger partial charge in [-0.1, -0.05) is 30.3 Å². The first-order valence-corrected chi connectivity index (χ1v) is 4.66. The molecule has 0 spiro atoms. The lowest BCUT2D eigenvalue weighted by Crippen LogP contribution is -2.17. The molecule has 0 bridgehead atoms. The molecule has 0 radical (unpaired) electrons. The van der Waals surface area contributed by atoms with Crippen LogP contribution in [0.3, 0.4) is 0 Å². The molecule has 13 heavy (non-hydrogen) atoms. The number of nitrogens with two attached hydrogens (primary N) is 1. The Hall–Kier alpha value is -0.860. The first-order chi connectivity index (χ1) is 6.29. The Morgan fingerprint density at radius 3 is 2.62 bits per heavy atom. The van der Waals surface area contributed by atoms with Crippen LogP contribution in [0.4, 0.5) is 0 Å². The summed E-state index contributed by atoms with van der Waals surface area (Å²) < 4.78 is 5.45. The molecule has 1 aromatic carbocycles. The molecular weight excluding hydrogens is 162 g/mol. The molecule has 1 atom stereocenters. The maximum atomic E-state index is 5.59. The van der Waals surface area contributed by atoms with Gasteiger partial charge in [-0.25, -0.2) is 0 Å². The monoisotopic (exact) mass is 179 g/mol. The maximum Gasteiger partial charge on any atom is 0.0716 e. The van der Waals surface area contributed by atoms with Crippen molar-refractivity contribution < 1.29 is 4.74 Å². The van der Waals surface area contributed by atoms with Gasteiger partial charge in [0, 0.05) is 12.6 Å². The summed E-state index contributed by atoms with van der Waals surface area (Å²) >= 11 is 0. The zero-order chi connectivity index (χ0) is 9.52. The predicted molar refractivity (Wildman–Crippen MR) is 54.4 cm³/mol.